The van der Waals surface area contributed by atoms with E-state index < -0.39 is 12.4 Å². The average Bonchev–Trinajstić information content (AvgIpc) is 2.12. The van der Waals surface area contributed by atoms with Gasteiger partial charge in [-0.2, -0.15) is 0 Å². The van der Waals surface area contributed by atoms with Crippen LogP contribution in [0.15, 0.2) is 0 Å². The van der Waals surface area contributed by atoms with E-state index >= 15 is 0 Å². The molecule has 0 atom stereocenters. The molecule has 0 amide bonds. The Hall–Kier alpha value is 0.313. The minimum atomic E-state index is -2.30. The predicted molar refractivity (Wildman–Crippen MR) is 36.0 cm³/mol. The molecule has 0 aromatic rings. The number of hydrogen-bond acceptors (Lipinski definition) is 3. The zero-order valence-electron chi connectivity index (χ0n) is 6.61. The second kappa shape index (κ2) is 22.8. The van der Waals surface area contributed by atoms with Crippen molar-refractivity contribution in [2.24, 2.45) is 0 Å². The molecule has 0 aliphatic carbocycles. The van der Waals surface area contributed by atoms with Gasteiger partial charge in [0.1, 0.15) is 0 Å². The SMILES string of the molecule is CCOC(=O)[C-](F)F.[C-]#N.[Cu+].[Zn+][Br]. The number of ether oxygens (including phenoxy) is 1. The van der Waals surface area contributed by atoms with Crippen LogP contribution in [0.3, 0.4) is 0 Å². The fourth-order valence-electron chi connectivity index (χ4n) is 0.186. The van der Waals surface area contributed by atoms with Crippen LogP contribution < -0.4 is 0 Å². The molecule has 13 heavy (non-hydrogen) atoms. The van der Waals surface area contributed by atoms with Gasteiger partial charge in [-0.3, -0.25) is 4.79 Å². The van der Waals surface area contributed by atoms with E-state index in [1.54, 1.807) is 0 Å². The summed E-state index contributed by atoms with van der Waals surface area (Å²) < 4.78 is 26.0. The van der Waals surface area contributed by atoms with Gasteiger partial charge in [0.05, 0.1) is 6.61 Å². The Bertz CT molecular complexity index is 128. The first-order chi connectivity index (χ1) is 5.68. The molecule has 0 heterocycles. The molecule has 76 valence electrons. The molecular formula is C5H5BrCuF2NO2Zn. The number of rotatable bonds is 2. The monoisotopic (exact) mass is 355 g/mol. The fraction of sp³-hybridized carbons (Fsp3) is 0.400. The molecule has 8 heteroatoms. The summed E-state index contributed by atoms with van der Waals surface area (Å²) in [6.45, 7) is 6.19. The molecule has 0 aliphatic rings. The molecular weight excluding hydrogens is 353 g/mol. The molecule has 0 fully saturated rings. The molecule has 0 N–H and O–H groups in total. The third kappa shape index (κ3) is 24.5. The summed E-state index contributed by atoms with van der Waals surface area (Å²) in [6, 6.07) is 0. The van der Waals surface area contributed by atoms with Gasteiger partial charge >= 0.3 is 47.0 Å². The van der Waals surface area contributed by atoms with Gasteiger partial charge in [-0.1, -0.05) is 0 Å². The Balaban J connectivity index is -0.0000000712. The van der Waals surface area contributed by atoms with Crippen LogP contribution in [-0.2, 0) is 42.9 Å². The molecule has 0 aromatic carbocycles. The van der Waals surface area contributed by atoms with Crippen molar-refractivity contribution in [2.75, 3.05) is 6.61 Å². The van der Waals surface area contributed by atoms with Gasteiger partial charge in [0.2, 0.25) is 5.97 Å². The molecule has 0 rings (SSSR count). The van der Waals surface area contributed by atoms with Crippen LogP contribution in [0.2, 0.25) is 0 Å². The van der Waals surface area contributed by atoms with Crippen molar-refractivity contribution < 1.29 is 51.7 Å². The van der Waals surface area contributed by atoms with Crippen LogP contribution in [0, 0.1) is 18.3 Å². The van der Waals surface area contributed by atoms with Crippen molar-refractivity contribution in [3.63, 3.8) is 0 Å². The molecule has 0 aromatic heterocycles. The van der Waals surface area contributed by atoms with E-state index in [1.165, 1.54) is 23.3 Å². The van der Waals surface area contributed by atoms with Crippen molar-refractivity contribution in [3.05, 3.63) is 13.0 Å². The molecule has 0 saturated heterocycles. The van der Waals surface area contributed by atoms with E-state index in [0.29, 0.717) is 0 Å². The summed E-state index contributed by atoms with van der Waals surface area (Å²) in [5.74, 6) is -1.53. The molecule has 0 radical (unpaired) electrons. The fourth-order valence-corrected chi connectivity index (χ4v) is 0.186. The van der Waals surface area contributed by atoms with Crippen molar-refractivity contribution in [1.82, 2.24) is 0 Å². The maximum absolute atomic E-state index is 11.1. The van der Waals surface area contributed by atoms with Crippen molar-refractivity contribution in [1.29, 1.82) is 5.26 Å². The maximum atomic E-state index is 11.1. The van der Waals surface area contributed by atoms with Crippen LogP contribution in [0.4, 0.5) is 8.78 Å². The van der Waals surface area contributed by atoms with Crippen LogP contribution >= 0.6 is 13.6 Å². The van der Waals surface area contributed by atoms with Crippen LogP contribution in [-0.4, -0.2) is 12.6 Å². The quantitative estimate of drug-likeness (QED) is 0.431. The van der Waals surface area contributed by atoms with E-state index in [1.807, 2.05) is 0 Å². The summed E-state index contributed by atoms with van der Waals surface area (Å²) in [6.07, 6.45) is -2.30. The average molecular weight is 358 g/mol. The summed E-state index contributed by atoms with van der Waals surface area (Å²) >= 11 is 4.25. The van der Waals surface area contributed by atoms with Gasteiger partial charge in [-0.25, -0.2) is 0 Å². The summed E-state index contributed by atoms with van der Waals surface area (Å²) in [7, 11) is 0. The van der Waals surface area contributed by atoms with E-state index in [0.717, 1.165) is 0 Å². The second-order valence-corrected chi connectivity index (χ2v) is 0.981. The summed E-state index contributed by atoms with van der Waals surface area (Å²) in [5.41, 5.74) is 0. The van der Waals surface area contributed by atoms with Crippen molar-refractivity contribution >= 4 is 19.6 Å². The molecule has 0 spiro atoms. The normalized spacial score (nSPS) is 5.85. The number of carbonyl (C=O) groups is 1. The van der Waals surface area contributed by atoms with Gasteiger partial charge < -0.3 is 25.4 Å². The standard InChI is InChI=1S/C4H5F2O2.CN.BrH.Cu.Zn/c1-2-8-4(7)3(5)6;1-2;;;/h2H2,1H3;;1H;;/q2*-1;;+1;+2/p-1. The molecule has 0 saturated carbocycles. The number of carbonyl (C=O) groups excluding carboxylic acids is 1. The van der Waals surface area contributed by atoms with Gasteiger partial charge in [-0.05, 0) is 6.92 Å². The Morgan fingerprint density at radius 2 is 1.92 bits per heavy atom. The Morgan fingerprint density at radius 1 is 1.62 bits per heavy atom. The first kappa shape index (κ1) is 23.3. The van der Waals surface area contributed by atoms with Gasteiger partial charge in [0, 0.05) is 6.43 Å². The Labute approximate surface area is 103 Å². The first-order valence-corrected chi connectivity index (χ1v) is 9.47. The topological polar surface area (TPSA) is 50.1 Å². The summed E-state index contributed by atoms with van der Waals surface area (Å²) in [4.78, 5) is 9.73. The molecule has 0 aliphatic heterocycles. The minimum absolute atomic E-state index is 0. The predicted octanol–water partition coefficient (Wildman–Crippen LogP) is 1.91. The van der Waals surface area contributed by atoms with Crippen LogP contribution in [0.25, 0.3) is 0 Å². The Morgan fingerprint density at radius 3 is 2.00 bits per heavy atom. The van der Waals surface area contributed by atoms with Crippen LogP contribution in [0.1, 0.15) is 6.92 Å². The molecule has 0 unspecified atom stereocenters. The zero-order valence-corrected chi connectivity index (χ0v) is 12.1. The second-order valence-electron chi connectivity index (χ2n) is 0.981. The molecule has 0 bridgehead atoms. The van der Waals surface area contributed by atoms with Gasteiger partial charge in [0.15, 0.2) is 0 Å². The summed E-state index contributed by atoms with van der Waals surface area (Å²) in [5, 5.41) is 6.25. The number of nitrogens with zero attached hydrogens (tertiary/aromatic N) is 1. The van der Waals surface area contributed by atoms with Crippen molar-refractivity contribution in [2.45, 2.75) is 6.92 Å². The van der Waals surface area contributed by atoms with Gasteiger partial charge in [-0.15, -0.1) is 0 Å². The zero-order chi connectivity index (χ0) is 10.6. The number of halogens is 3. The van der Waals surface area contributed by atoms with Crippen LogP contribution in [0.5, 0.6) is 0 Å². The van der Waals surface area contributed by atoms with E-state index in [9.17, 15) is 13.6 Å². The van der Waals surface area contributed by atoms with Gasteiger partial charge in [0.25, 0.3) is 0 Å². The number of esters is 1. The molecule has 3 nitrogen and oxygen atoms in total. The van der Waals surface area contributed by atoms with E-state index in [-0.39, 0.29) is 23.7 Å². The first-order valence-electron chi connectivity index (χ1n) is 2.52. The Kier molecular flexibility index (Phi) is 40.8. The third-order valence-corrected chi connectivity index (χ3v) is 0.430. The third-order valence-electron chi connectivity index (χ3n) is 0.430. The van der Waals surface area contributed by atoms with E-state index in [4.69, 9.17) is 11.8 Å². The number of hydrogen-bond donors (Lipinski definition) is 0. The van der Waals surface area contributed by atoms with Crippen molar-refractivity contribution in [3.8, 4) is 0 Å². The van der Waals surface area contributed by atoms with E-state index in [2.05, 4.69) is 18.4 Å².